The number of aryl methyl sites for hydroxylation is 3. The molecule has 0 saturated carbocycles. The lowest BCUT2D eigenvalue weighted by molar-refractivity contribution is 0.475. The van der Waals surface area contributed by atoms with Crippen molar-refractivity contribution in [2.24, 2.45) is 4.99 Å². The van der Waals surface area contributed by atoms with Crippen LogP contribution in [0, 0.1) is 20.8 Å². The first-order valence-corrected chi connectivity index (χ1v) is 7.62. The topological polar surface area (TPSA) is 32.6 Å². The first kappa shape index (κ1) is 14.7. The molecule has 2 nitrogen and oxygen atoms in total. The Hall–Kier alpha value is -1.66. The molecule has 0 radical (unpaired) electrons. The number of rotatable bonds is 3. The molecule has 0 saturated heterocycles. The summed E-state index contributed by atoms with van der Waals surface area (Å²) < 4.78 is 0. The maximum Gasteiger partial charge on any atom is 0.126 e. The molecule has 0 aromatic heterocycles. The van der Waals surface area contributed by atoms with E-state index in [2.05, 4.69) is 37.0 Å². The van der Waals surface area contributed by atoms with E-state index in [1.54, 1.807) is 7.05 Å². The van der Waals surface area contributed by atoms with Crippen molar-refractivity contribution >= 4 is 25.4 Å². The monoisotopic (exact) mass is 285 g/mol. The van der Waals surface area contributed by atoms with Crippen molar-refractivity contribution in [2.75, 3.05) is 7.05 Å². The number of aromatic hydroxyl groups is 1. The fourth-order valence-corrected chi connectivity index (χ4v) is 3.76. The van der Waals surface area contributed by atoms with Gasteiger partial charge in [0.25, 0.3) is 0 Å². The van der Waals surface area contributed by atoms with Gasteiger partial charge in [0.05, 0.1) is 0 Å². The Labute approximate surface area is 122 Å². The molecule has 0 aliphatic rings. The van der Waals surface area contributed by atoms with Gasteiger partial charge in [-0.2, -0.15) is 0 Å². The van der Waals surface area contributed by atoms with Gasteiger partial charge in [0.15, 0.2) is 0 Å². The molecule has 0 aliphatic heterocycles. The van der Waals surface area contributed by atoms with Crippen LogP contribution in [-0.4, -0.2) is 18.4 Å². The highest BCUT2D eigenvalue weighted by Crippen LogP contribution is 2.25. The van der Waals surface area contributed by atoms with Crippen LogP contribution in [-0.2, 0) is 0 Å². The lowest BCUT2D eigenvalue weighted by Crippen LogP contribution is -2.13. The Kier molecular flexibility index (Phi) is 4.57. The highest BCUT2D eigenvalue weighted by Gasteiger charge is 2.10. The number of phenolic OH excluding ortho intramolecular Hbond substituents is 1. The Morgan fingerprint density at radius 1 is 1.10 bits per heavy atom. The molecule has 0 fully saturated rings. The number of hydrogen-bond acceptors (Lipinski definition) is 2. The minimum atomic E-state index is 0.413. The van der Waals surface area contributed by atoms with Gasteiger partial charge >= 0.3 is 0 Å². The van der Waals surface area contributed by atoms with Crippen LogP contribution in [0.15, 0.2) is 35.3 Å². The maximum absolute atomic E-state index is 10.3. The van der Waals surface area contributed by atoms with Crippen LogP contribution in [0.1, 0.15) is 22.3 Å². The van der Waals surface area contributed by atoms with Crippen molar-refractivity contribution in [3.63, 3.8) is 0 Å². The van der Waals surface area contributed by atoms with Crippen LogP contribution >= 0.6 is 8.58 Å². The zero-order valence-corrected chi connectivity index (χ0v) is 13.4. The Bertz CT molecular complexity index is 662. The van der Waals surface area contributed by atoms with Crippen molar-refractivity contribution in [3.05, 3.63) is 52.6 Å². The molecule has 2 rings (SSSR count). The van der Waals surface area contributed by atoms with E-state index in [0.29, 0.717) is 14.3 Å². The predicted octanol–water partition coefficient (Wildman–Crippen LogP) is 3.00. The molecule has 0 bridgehead atoms. The van der Waals surface area contributed by atoms with E-state index in [1.807, 2.05) is 25.3 Å². The van der Waals surface area contributed by atoms with Crippen LogP contribution < -0.4 is 10.6 Å². The molecule has 1 unspecified atom stereocenters. The second kappa shape index (κ2) is 6.19. The Morgan fingerprint density at radius 2 is 1.85 bits per heavy atom. The molecule has 0 amide bonds. The number of aliphatic imine (C=N–C) groups is 1. The van der Waals surface area contributed by atoms with Crippen LogP contribution in [0.5, 0.6) is 5.75 Å². The van der Waals surface area contributed by atoms with Crippen LogP contribution in [0.2, 0.25) is 0 Å². The highest BCUT2D eigenvalue weighted by molar-refractivity contribution is 7.56. The quantitative estimate of drug-likeness (QED) is 0.682. The molecule has 104 valence electrons. The first-order valence-electron chi connectivity index (χ1n) is 6.62. The zero-order chi connectivity index (χ0) is 14.7. The normalized spacial score (nSPS) is 11.8. The van der Waals surface area contributed by atoms with Crippen molar-refractivity contribution in [2.45, 2.75) is 20.8 Å². The van der Waals surface area contributed by atoms with Crippen LogP contribution in [0.4, 0.5) is 0 Å². The van der Waals surface area contributed by atoms with Gasteiger partial charge in [0.1, 0.15) is 5.75 Å². The molecular formula is C17H20NOP. The van der Waals surface area contributed by atoms with E-state index >= 15 is 0 Å². The molecule has 1 N–H and O–H groups in total. The average Bonchev–Trinajstić information content (AvgIpc) is 2.39. The highest BCUT2D eigenvalue weighted by atomic mass is 31.1. The second-order valence-corrected chi connectivity index (χ2v) is 6.32. The molecule has 0 spiro atoms. The van der Waals surface area contributed by atoms with E-state index in [4.69, 9.17) is 0 Å². The summed E-state index contributed by atoms with van der Waals surface area (Å²) in [5.74, 6) is 0.413. The van der Waals surface area contributed by atoms with E-state index in [-0.39, 0.29) is 0 Å². The van der Waals surface area contributed by atoms with Crippen molar-refractivity contribution < 1.29 is 5.11 Å². The van der Waals surface area contributed by atoms with Gasteiger partial charge in [-0.1, -0.05) is 32.8 Å². The summed E-state index contributed by atoms with van der Waals surface area (Å²) in [6.07, 6.45) is 1.88. The van der Waals surface area contributed by atoms with E-state index < -0.39 is 0 Å². The summed E-state index contributed by atoms with van der Waals surface area (Å²) in [4.78, 5) is 4.12. The lowest BCUT2D eigenvalue weighted by atomic mass is 10.1. The van der Waals surface area contributed by atoms with Gasteiger partial charge < -0.3 is 5.11 Å². The van der Waals surface area contributed by atoms with E-state index in [1.165, 1.54) is 16.4 Å². The van der Waals surface area contributed by atoms with Gasteiger partial charge in [-0.15, -0.1) is 0 Å². The van der Waals surface area contributed by atoms with Crippen molar-refractivity contribution in [1.82, 2.24) is 0 Å². The summed E-state index contributed by atoms with van der Waals surface area (Å²) in [7, 11) is 2.22. The summed E-state index contributed by atoms with van der Waals surface area (Å²) in [5.41, 5.74) is 4.48. The molecule has 0 aliphatic carbocycles. The van der Waals surface area contributed by atoms with Gasteiger partial charge in [-0.3, -0.25) is 4.99 Å². The zero-order valence-electron chi connectivity index (χ0n) is 12.4. The number of benzene rings is 2. The molecule has 20 heavy (non-hydrogen) atoms. The van der Waals surface area contributed by atoms with E-state index in [0.717, 1.165) is 16.4 Å². The third kappa shape index (κ3) is 3.08. The lowest BCUT2D eigenvalue weighted by Gasteiger charge is -2.13. The Balaban J connectivity index is 2.50. The average molecular weight is 285 g/mol. The smallest absolute Gasteiger partial charge is 0.126 e. The number of phenols is 1. The maximum atomic E-state index is 10.3. The molecule has 0 heterocycles. The summed E-state index contributed by atoms with van der Waals surface area (Å²) in [6, 6.07) is 10.3. The molecule has 3 heteroatoms. The molecular weight excluding hydrogens is 265 g/mol. The van der Waals surface area contributed by atoms with Crippen LogP contribution in [0.25, 0.3) is 0 Å². The fraction of sp³-hybridized carbons (Fsp3) is 0.235. The van der Waals surface area contributed by atoms with Gasteiger partial charge in [-0.05, 0) is 48.8 Å². The van der Waals surface area contributed by atoms with Gasteiger partial charge in [0.2, 0.25) is 0 Å². The predicted molar refractivity (Wildman–Crippen MR) is 89.9 cm³/mol. The van der Waals surface area contributed by atoms with Gasteiger partial charge in [0, 0.05) is 24.1 Å². The van der Waals surface area contributed by atoms with Gasteiger partial charge in [-0.25, -0.2) is 0 Å². The summed E-state index contributed by atoms with van der Waals surface area (Å²) in [5, 5.41) is 12.5. The fourth-order valence-electron chi connectivity index (χ4n) is 2.30. The minimum absolute atomic E-state index is 0.413. The standard InChI is InChI=1S/C17H20NOP/c1-11-8-13(3)16(19)15(9-11)20-17-12(2)6-5-7-14(17)10-18-4/h5-10,19-20H,1-4H3. The first-order chi connectivity index (χ1) is 9.52. The third-order valence-corrected chi connectivity index (χ3v) is 4.86. The minimum Gasteiger partial charge on any atom is -0.507 e. The third-order valence-electron chi connectivity index (χ3n) is 3.28. The summed E-state index contributed by atoms with van der Waals surface area (Å²) in [6.45, 7) is 6.12. The SMILES string of the molecule is CN=Cc1cccc(C)c1Pc1cc(C)cc(C)c1O. The molecule has 2 aromatic rings. The molecule has 2 aromatic carbocycles. The van der Waals surface area contributed by atoms with E-state index in [9.17, 15) is 5.11 Å². The van der Waals surface area contributed by atoms with Crippen molar-refractivity contribution in [1.29, 1.82) is 0 Å². The van der Waals surface area contributed by atoms with Crippen LogP contribution in [0.3, 0.4) is 0 Å². The largest absolute Gasteiger partial charge is 0.507 e. The van der Waals surface area contributed by atoms with Crippen molar-refractivity contribution in [3.8, 4) is 5.75 Å². The Morgan fingerprint density at radius 3 is 2.55 bits per heavy atom. The summed E-state index contributed by atoms with van der Waals surface area (Å²) >= 11 is 0. The number of hydrogen-bond donors (Lipinski definition) is 1. The second-order valence-electron chi connectivity index (χ2n) is 5.03. The number of nitrogens with zero attached hydrogens (tertiary/aromatic N) is 1. The molecule has 1 atom stereocenters.